The highest BCUT2D eigenvalue weighted by atomic mass is 16.2. The van der Waals surface area contributed by atoms with E-state index in [4.69, 9.17) is 5.73 Å². The van der Waals surface area contributed by atoms with Crippen molar-refractivity contribution in [3.05, 3.63) is 42.6 Å². The minimum Gasteiger partial charge on any atom is -0.396 e. The number of amides is 1. The summed E-state index contributed by atoms with van der Waals surface area (Å²) in [6, 6.07) is 3.65. The summed E-state index contributed by atoms with van der Waals surface area (Å²) < 4.78 is 0. The molecule has 7 heteroatoms. The lowest BCUT2D eigenvalue weighted by Crippen LogP contribution is -2.49. The maximum atomic E-state index is 12.3. The summed E-state index contributed by atoms with van der Waals surface area (Å²) in [7, 11) is 0. The van der Waals surface area contributed by atoms with E-state index in [0.29, 0.717) is 37.4 Å². The molecule has 2 aromatic rings. The summed E-state index contributed by atoms with van der Waals surface area (Å²) in [5.41, 5.74) is 7.11. The first-order valence-corrected chi connectivity index (χ1v) is 6.75. The molecule has 2 N–H and O–H groups in total. The van der Waals surface area contributed by atoms with Gasteiger partial charge < -0.3 is 15.5 Å². The molecule has 1 amide bonds. The Bertz CT molecular complexity index is 624. The summed E-state index contributed by atoms with van der Waals surface area (Å²) in [6.07, 6.45) is 6.22. The van der Waals surface area contributed by atoms with Crippen LogP contribution in [0.1, 0.15) is 10.4 Å². The van der Waals surface area contributed by atoms with Gasteiger partial charge >= 0.3 is 0 Å². The molecule has 0 atom stereocenters. The molecule has 0 aromatic carbocycles. The van der Waals surface area contributed by atoms with E-state index in [1.54, 1.807) is 23.5 Å². The molecule has 0 unspecified atom stereocenters. The van der Waals surface area contributed by atoms with Crippen molar-refractivity contribution in [2.75, 3.05) is 36.8 Å². The standard InChI is InChI=1S/C14H16N6O/c15-12-2-1-3-18-13(12)19-4-6-20(7-5-19)14(21)11-8-16-10-17-9-11/h1-3,8-10H,4-7,15H2. The molecule has 0 radical (unpaired) electrons. The van der Waals surface area contributed by atoms with Gasteiger partial charge in [-0.2, -0.15) is 0 Å². The highest BCUT2D eigenvalue weighted by Crippen LogP contribution is 2.20. The molecule has 108 valence electrons. The van der Waals surface area contributed by atoms with Crippen LogP contribution in [0.2, 0.25) is 0 Å². The van der Waals surface area contributed by atoms with Crippen LogP contribution >= 0.6 is 0 Å². The van der Waals surface area contributed by atoms with Crippen LogP contribution < -0.4 is 10.6 Å². The molecule has 7 nitrogen and oxygen atoms in total. The first-order valence-electron chi connectivity index (χ1n) is 6.75. The van der Waals surface area contributed by atoms with Crippen molar-refractivity contribution in [1.82, 2.24) is 19.9 Å². The zero-order chi connectivity index (χ0) is 14.7. The predicted octanol–water partition coefficient (Wildman–Crippen LogP) is 0.416. The molecule has 3 heterocycles. The first kappa shape index (κ1) is 13.3. The molecule has 0 spiro atoms. The Hall–Kier alpha value is -2.70. The Morgan fingerprint density at radius 1 is 1.14 bits per heavy atom. The Morgan fingerprint density at radius 3 is 2.52 bits per heavy atom. The van der Waals surface area contributed by atoms with Gasteiger partial charge in [0.2, 0.25) is 0 Å². The van der Waals surface area contributed by atoms with Crippen LogP contribution in [0.15, 0.2) is 37.1 Å². The van der Waals surface area contributed by atoms with Gasteiger partial charge in [0.25, 0.3) is 5.91 Å². The summed E-state index contributed by atoms with van der Waals surface area (Å²) >= 11 is 0. The van der Waals surface area contributed by atoms with E-state index < -0.39 is 0 Å². The number of piperazine rings is 1. The van der Waals surface area contributed by atoms with Crippen molar-refractivity contribution in [2.45, 2.75) is 0 Å². The van der Waals surface area contributed by atoms with E-state index in [1.165, 1.54) is 6.33 Å². The maximum absolute atomic E-state index is 12.3. The molecule has 0 aliphatic carbocycles. The second-order valence-corrected chi connectivity index (χ2v) is 4.82. The number of nitrogen functional groups attached to an aromatic ring is 1. The zero-order valence-corrected chi connectivity index (χ0v) is 11.5. The number of hydrogen-bond acceptors (Lipinski definition) is 6. The lowest BCUT2D eigenvalue weighted by atomic mass is 10.2. The van der Waals surface area contributed by atoms with Gasteiger partial charge in [-0.15, -0.1) is 0 Å². The Kier molecular flexibility index (Phi) is 3.63. The fourth-order valence-electron chi connectivity index (χ4n) is 2.39. The molecule has 1 aliphatic heterocycles. The van der Waals surface area contributed by atoms with Crippen molar-refractivity contribution in [1.29, 1.82) is 0 Å². The van der Waals surface area contributed by atoms with Gasteiger partial charge in [0.1, 0.15) is 6.33 Å². The molecule has 1 fully saturated rings. The van der Waals surface area contributed by atoms with Crippen molar-refractivity contribution in [3.8, 4) is 0 Å². The molecule has 21 heavy (non-hydrogen) atoms. The van der Waals surface area contributed by atoms with Gasteiger partial charge in [0.05, 0.1) is 11.3 Å². The molecule has 0 saturated carbocycles. The lowest BCUT2D eigenvalue weighted by molar-refractivity contribution is 0.0745. The van der Waals surface area contributed by atoms with Crippen molar-refractivity contribution in [2.24, 2.45) is 0 Å². The number of pyridine rings is 1. The van der Waals surface area contributed by atoms with Crippen LogP contribution in [0.3, 0.4) is 0 Å². The van der Waals surface area contributed by atoms with Crippen molar-refractivity contribution in [3.63, 3.8) is 0 Å². The lowest BCUT2D eigenvalue weighted by Gasteiger charge is -2.35. The van der Waals surface area contributed by atoms with Gasteiger partial charge in [-0.3, -0.25) is 4.79 Å². The van der Waals surface area contributed by atoms with E-state index >= 15 is 0 Å². The van der Waals surface area contributed by atoms with Crippen molar-refractivity contribution < 1.29 is 4.79 Å². The van der Waals surface area contributed by atoms with Crippen LogP contribution in [-0.4, -0.2) is 51.9 Å². The second-order valence-electron chi connectivity index (χ2n) is 4.82. The third-order valence-electron chi connectivity index (χ3n) is 3.49. The molecule has 0 bridgehead atoms. The Morgan fingerprint density at radius 2 is 1.86 bits per heavy atom. The molecule has 3 rings (SSSR count). The molecular formula is C14H16N6O. The highest BCUT2D eigenvalue weighted by molar-refractivity contribution is 5.93. The van der Waals surface area contributed by atoms with Crippen LogP contribution in [0.4, 0.5) is 11.5 Å². The molecule has 1 aliphatic rings. The average molecular weight is 284 g/mol. The summed E-state index contributed by atoms with van der Waals surface area (Å²) in [4.78, 5) is 28.3. The SMILES string of the molecule is Nc1cccnc1N1CCN(C(=O)c2cncnc2)CC1. The quantitative estimate of drug-likeness (QED) is 0.859. The van der Waals surface area contributed by atoms with Gasteiger partial charge in [-0.1, -0.05) is 0 Å². The number of nitrogens with two attached hydrogens (primary N) is 1. The fourth-order valence-corrected chi connectivity index (χ4v) is 2.39. The number of nitrogens with zero attached hydrogens (tertiary/aromatic N) is 5. The smallest absolute Gasteiger partial charge is 0.257 e. The third kappa shape index (κ3) is 2.76. The van der Waals surface area contributed by atoms with Crippen LogP contribution in [-0.2, 0) is 0 Å². The Balaban J connectivity index is 1.66. The van der Waals surface area contributed by atoms with E-state index in [2.05, 4.69) is 19.9 Å². The molecule has 1 saturated heterocycles. The van der Waals surface area contributed by atoms with Gasteiger partial charge in [-0.25, -0.2) is 15.0 Å². The number of carbonyl (C=O) groups is 1. The summed E-state index contributed by atoms with van der Waals surface area (Å²) in [5.74, 6) is 0.747. The summed E-state index contributed by atoms with van der Waals surface area (Å²) in [6.45, 7) is 2.68. The number of rotatable bonds is 2. The van der Waals surface area contributed by atoms with E-state index in [9.17, 15) is 4.79 Å². The van der Waals surface area contributed by atoms with Gasteiger partial charge in [-0.05, 0) is 12.1 Å². The zero-order valence-electron chi connectivity index (χ0n) is 11.5. The van der Waals surface area contributed by atoms with E-state index in [1.807, 2.05) is 12.1 Å². The highest BCUT2D eigenvalue weighted by Gasteiger charge is 2.23. The number of carbonyl (C=O) groups excluding carboxylic acids is 1. The molecule has 2 aromatic heterocycles. The van der Waals surface area contributed by atoms with E-state index in [-0.39, 0.29) is 5.91 Å². The number of hydrogen-bond donors (Lipinski definition) is 1. The second kappa shape index (κ2) is 5.74. The third-order valence-corrected chi connectivity index (χ3v) is 3.49. The number of aromatic nitrogens is 3. The Labute approximate surface area is 122 Å². The van der Waals surface area contributed by atoms with Gasteiger partial charge in [0, 0.05) is 44.8 Å². The largest absolute Gasteiger partial charge is 0.396 e. The molecular weight excluding hydrogens is 268 g/mol. The normalized spacial score (nSPS) is 15.0. The topological polar surface area (TPSA) is 88.2 Å². The minimum absolute atomic E-state index is 0.0377. The maximum Gasteiger partial charge on any atom is 0.257 e. The van der Waals surface area contributed by atoms with Crippen molar-refractivity contribution >= 4 is 17.4 Å². The first-order chi connectivity index (χ1) is 10.3. The monoisotopic (exact) mass is 284 g/mol. The average Bonchev–Trinajstić information content (AvgIpc) is 2.56. The van der Waals surface area contributed by atoms with Crippen LogP contribution in [0.25, 0.3) is 0 Å². The summed E-state index contributed by atoms with van der Waals surface area (Å²) in [5, 5.41) is 0. The van der Waals surface area contributed by atoms with Gasteiger partial charge in [0.15, 0.2) is 5.82 Å². The van der Waals surface area contributed by atoms with Crippen LogP contribution in [0, 0.1) is 0 Å². The number of anilines is 2. The predicted molar refractivity (Wildman–Crippen MR) is 78.8 cm³/mol. The fraction of sp³-hybridized carbons (Fsp3) is 0.286. The van der Waals surface area contributed by atoms with Crippen LogP contribution in [0.5, 0.6) is 0 Å². The van der Waals surface area contributed by atoms with E-state index in [0.717, 1.165) is 5.82 Å². The minimum atomic E-state index is -0.0377.